The maximum Gasteiger partial charge on any atom is 0.237 e. The number of thioether (sulfide) groups is 1. The monoisotopic (exact) mass is 474 g/mol. The number of carbonyl (C=O) groups is 1. The zero-order valence-electron chi connectivity index (χ0n) is 18.3. The zero-order valence-corrected chi connectivity index (χ0v) is 19.8. The molecule has 0 fully saturated rings. The summed E-state index contributed by atoms with van der Waals surface area (Å²) in [6, 6.07) is 12.9. The fraction of sp³-hybridized carbons (Fsp3) is 0.318. The quantitative estimate of drug-likeness (QED) is 0.512. The second kappa shape index (κ2) is 9.40. The first-order chi connectivity index (χ1) is 15.3. The number of fused-ring (bicyclic) bond motifs is 1. The molecule has 2 heterocycles. The number of nitrogens with zero attached hydrogens (tertiary/aromatic N) is 3. The van der Waals surface area contributed by atoms with Gasteiger partial charge in [-0.05, 0) is 50.2 Å². The maximum atomic E-state index is 12.9. The van der Waals surface area contributed by atoms with Crippen molar-refractivity contribution in [1.82, 2.24) is 14.8 Å². The van der Waals surface area contributed by atoms with Crippen LogP contribution in [-0.2, 0) is 4.79 Å². The Labute approximate surface area is 195 Å². The molecule has 0 aliphatic carbocycles. The number of nitrogens with one attached hydrogen (secondary N) is 2. The molecular formula is C22H25ClN5O3S+. The number of ether oxygens (including phenoxy) is 2. The van der Waals surface area contributed by atoms with Crippen molar-refractivity contribution in [2.24, 2.45) is 0 Å². The van der Waals surface area contributed by atoms with E-state index in [1.54, 1.807) is 18.2 Å². The van der Waals surface area contributed by atoms with E-state index in [2.05, 4.69) is 36.5 Å². The summed E-state index contributed by atoms with van der Waals surface area (Å²) >= 11 is 7.44. The molecule has 0 saturated heterocycles. The summed E-state index contributed by atoms with van der Waals surface area (Å²) in [5, 5.41) is 12.7. The molecule has 0 spiro atoms. The molecule has 1 aliphatic rings. The number of quaternary nitrogens is 1. The van der Waals surface area contributed by atoms with Gasteiger partial charge in [0.1, 0.15) is 6.04 Å². The molecule has 2 aromatic carbocycles. The van der Waals surface area contributed by atoms with E-state index < -0.39 is 5.25 Å². The van der Waals surface area contributed by atoms with Crippen LogP contribution in [0.1, 0.15) is 25.7 Å². The molecule has 2 atom stereocenters. The minimum atomic E-state index is -0.412. The first kappa shape index (κ1) is 22.4. The molecular weight excluding hydrogens is 450 g/mol. The molecule has 1 aliphatic heterocycles. The van der Waals surface area contributed by atoms with Crippen molar-refractivity contribution in [3.8, 4) is 17.2 Å². The van der Waals surface area contributed by atoms with Gasteiger partial charge in [-0.3, -0.25) is 9.36 Å². The van der Waals surface area contributed by atoms with Crippen LogP contribution in [-0.4, -0.2) is 46.8 Å². The van der Waals surface area contributed by atoms with Crippen LogP contribution in [0, 0.1) is 0 Å². The Morgan fingerprint density at radius 3 is 2.56 bits per heavy atom. The van der Waals surface area contributed by atoms with Crippen LogP contribution in [0.3, 0.4) is 0 Å². The van der Waals surface area contributed by atoms with Crippen molar-refractivity contribution in [1.29, 1.82) is 0 Å². The second-order valence-corrected chi connectivity index (χ2v) is 9.51. The van der Waals surface area contributed by atoms with Crippen molar-refractivity contribution in [3.63, 3.8) is 0 Å². The smallest absolute Gasteiger partial charge is 0.237 e. The Kier molecular flexibility index (Phi) is 6.59. The minimum absolute atomic E-state index is 0.102. The van der Waals surface area contributed by atoms with Crippen LogP contribution in [0.2, 0.25) is 5.02 Å². The summed E-state index contributed by atoms with van der Waals surface area (Å²) in [5.74, 6) is 1.96. The molecule has 0 saturated carbocycles. The fourth-order valence-corrected chi connectivity index (χ4v) is 4.16. The van der Waals surface area contributed by atoms with Crippen LogP contribution < -0.4 is 19.7 Å². The summed E-state index contributed by atoms with van der Waals surface area (Å²) in [6.45, 7) is 4.12. The third kappa shape index (κ3) is 4.69. The number of rotatable bonds is 7. The largest absolute Gasteiger partial charge is 0.454 e. The predicted octanol–water partition coefficient (Wildman–Crippen LogP) is 2.97. The molecule has 4 rings (SSSR count). The molecule has 0 unspecified atom stereocenters. The van der Waals surface area contributed by atoms with E-state index in [0.29, 0.717) is 27.4 Å². The molecule has 2 N–H and O–H groups in total. The van der Waals surface area contributed by atoms with Gasteiger partial charge in [0.15, 0.2) is 22.5 Å². The van der Waals surface area contributed by atoms with Crippen LogP contribution in [0.5, 0.6) is 11.5 Å². The number of benzene rings is 2. The van der Waals surface area contributed by atoms with Crippen molar-refractivity contribution >= 4 is 35.0 Å². The van der Waals surface area contributed by atoms with Gasteiger partial charge in [0.25, 0.3) is 0 Å². The standard InChI is InChI=1S/C22H24ClN5O3S/c1-13(27(3)4)20-25-26-22(28(20)17-8-5-15(23)6-9-17)32-14(2)21(29)24-16-7-10-18-19(11-16)31-12-30-18/h5-11,13-14H,12H2,1-4H3,(H,24,29)/p+1/t13-,14-/m1/s1. The number of halogens is 1. The van der Waals surface area contributed by atoms with Gasteiger partial charge in [-0.15, -0.1) is 10.2 Å². The fourth-order valence-electron chi connectivity index (χ4n) is 3.16. The van der Waals surface area contributed by atoms with Gasteiger partial charge < -0.3 is 19.7 Å². The third-order valence-electron chi connectivity index (χ3n) is 5.29. The predicted molar refractivity (Wildman–Crippen MR) is 124 cm³/mol. The van der Waals surface area contributed by atoms with Crippen LogP contribution in [0.15, 0.2) is 47.6 Å². The lowest BCUT2D eigenvalue weighted by molar-refractivity contribution is -0.890. The maximum absolute atomic E-state index is 12.9. The molecule has 168 valence electrons. The average Bonchev–Trinajstić information content (AvgIpc) is 3.40. The van der Waals surface area contributed by atoms with E-state index in [1.165, 1.54) is 16.7 Å². The summed E-state index contributed by atoms with van der Waals surface area (Å²) in [7, 11) is 4.14. The van der Waals surface area contributed by atoms with Gasteiger partial charge >= 0.3 is 0 Å². The van der Waals surface area contributed by atoms with Gasteiger partial charge in [0.05, 0.1) is 19.3 Å². The summed E-state index contributed by atoms with van der Waals surface area (Å²) < 4.78 is 12.7. The SMILES string of the molecule is C[C@H](c1nnc(S[C@H](C)C(=O)Nc2ccc3c(c2)OCO3)n1-c1ccc(Cl)cc1)[NH+](C)C. The molecule has 10 heteroatoms. The van der Waals surface area contributed by atoms with Crippen LogP contribution in [0.25, 0.3) is 5.69 Å². The number of hydrogen-bond donors (Lipinski definition) is 2. The summed E-state index contributed by atoms with van der Waals surface area (Å²) in [4.78, 5) is 14.1. The van der Waals surface area contributed by atoms with Crippen molar-refractivity contribution in [3.05, 3.63) is 53.3 Å². The van der Waals surface area contributed by atoms with E-state index in [1.807, 2.05) is 35.8 Å². The molecule has 8 nitrogen and oxygen atoms in total. The Morgan fingerprint density at radius 2 is 1.84 bits per heavy atom. The minimum Gasteiger partial charge on any atom is -0.454 e. The van der Waals surface area contributed by atoms with E-state index in [-0.39, 0.29) is 18.7 Å². The van der Waals surface area contributed by atoms with E-state index >= 15 is 0 Å². The highest BCUT2D eigenvalue weighted by atomic mass is 35.5. The van der Waals surface area contributed by atoms with Gasteiger partial charge in [-0.25, -0.2) is 0 Å². The van der Waals surface area contributed by atoms with Crippen LogP contribution in [0.4, 0.5) is 5.69 Å². The van der Waals surface area contributed by atoms with Gasteiger partial charge in [0.2, 0.25) is 12.7 Å². The number of hydrogen-bond acceptors (Lipinski definition) is 6. The highest BCUT2D eigenvalue weighted by molar-refractivity contribution is 8.00. The van der Waals surface area contributed by atoms with Crippen molar-refractivity contribution < 1.29 is 19.2 Å². The molecule has 1 aromatic heterocycles. The summed E-state index contributed by atoms with van der Waals surface area (Å²) in [6.07, 6.45) is 0. The average molecular weight is 475 g/mol. The van der Waals surface area contributed by atoms with E-state index in [9.17, 15) is 4.79 Å². The molecule has 1 amide bonds. The number of anilines is 1. The molecule has 32 heavy (non-hydrogen) atoms. The number of carbonyl (C=O) groups excluding carboxylic acids is 1. The first-order valence-corrected chi connectivity index (χ1v) is 11.5. The molecule has 3 aromatic rings. The Bertz CT molecular complexity index is 1120. The Hall–Kier alpha value is -2.75. The third-order valence-corrected chi connectivity index (χ3v) is 6.58. The Balaban J connectivity index is 1.56. The second-order valence-electron chi connectivity index (χ2n) is 7.77. The zero-order chi connectivity index (χ0) is 22.8. The highest BCUT2D eigenvalue weighted by Crippen LogP contribution is 2.35. The van der Waals surface area contributed by atoms with E-state index in [4.69, 9.17) is 21.1 Å². The highest BCUT2D eigenvalue weighted by Gasteiger charge is 2.26. The number of amides is 1. The van der Waals surface area contributed by atoms with Gasteiger partial charge in [-0.2, -0.15) is 0 Å². The van der Waals surface area contributed by atoms with Gasteiger partial charge in [0, 0.05) is 22.5 Å². The molecule has 0 radical (unpaired) electrons. The first-order valence-electron chi connectivity index (χ1n) is 10.2. The van der Waals surface area contributed by atoms with Crippen LogP contribution >= 0.6 is 23.4 Å². The lowest BCUT2D eigenvalue weighted by Crippen LogP contribution is -3.05. The number of aromatic nitrogens is 3. The topological polar surface area (TPSA) is 82.7 Å². The van der Waals surface area contributed by atoms with Crippen molar-refractivity contribution in [2.45, 2.75) is 30.3 Å². The van der Waals surface area contributed by atoms with Crippen molar-refractivity contribution in [2.75, 3.05) is 26.2 Å². The lowest BCUT2D eigenvalue weighted by Gasteiger charge is -2.19. The van der Waals surface area contributed by atoms with Gasteiger partial charge in [-0.1, -0.05) is 23.4 Å². The molecule has 0 bridgehead atoms. The normalized spacial score (nSPS) is 14.4. The summed E-state index contributed by atoms with van der Waals surface area (Å²) in [5.41, 5.74) is 1.55. The Morgan fingerprint density at radius 1 is 1.12 bits per heavy atom. The lowest BCUT2D eigenvalue weighted by atomic mass is 10.2. The van der Waals surface area contributed by atoms with E-state index in [0.717, 1.165) is 11.5 Å².